The zero-order chi connectivity index (χ0) is 30.9. The maximum atomic E-state index is 14.2. The van der Waals surface area contributed by atoms with E-state index in [0.717, 1.165) is 17.5 Å². The first kappa shape index (κ1) is 32.1. The summed E-state index contributed by atoms with van der Waals surface area (Å²) in [4.78, 5) is 18.5. The summed E-state index contributed by atoms with van der Waals surface area (Å²) in [6, 6.07) is 20.6. The third-order valence-electron chi connectivity index (χ3n) is 6.70. The molecular formula is C32H31Cl2FN6OS. The molecule has 1 heterocycles. The van der Waals surface area contributed by atoms with Crippen LogP contribution in [0.2, 0.25) is 10.0 Å². The molecular weight excluding hydrogens is 606 g/mol. The fourth-order valence-corrected chi connectivity index (χ4v) is 5.13. The van der Waals surface area contributed by atoms with Crippen molar-refractivity contribution in [3.8, 4) is 6.07 Å². The lowest BCUT2D eigenvalue weighted by Crippen LogP contribution is -2.52. The van der Waals surface area contributed by atoms with Crippen LogP contribution in [-0.2, 0) is 24.3 Å². The van der Waals surface area contributed by atoms with E-state index < -0.39 is 5.82 Å². The van der Waals surface area contributed by atoms with Gasteiger partial charge in [0.15, 0.2) is 5.11 Å². The number of nitriles is 1. The molecule has 1 amide bonds. The second kappa shape index (κ2) is 15.1. The van der Waals surface area contributed by atoms with E-state index >= 15 is 0 Å². The van der Waals surface area contributed by atoms with Gasteiger partial charge in [0.25, 0.3) is 0 Å². The van der Waals surface area contributed by atoms with E-state index in [-0.39, 0.29) is 24.0 Å². The Morgan fingerprint density at radius 3 is 2.58 bits per heavy atom. The molecule has 4 rings (SSSR count). The summed E-state index contributed by atoms with van der Waals surface area (Å²) in [5.74, 6) is -0.398. The molecule has 3 aromatic carbocycles. The molecule has 4 aromatic rings. The number of nitrogens with one attached hydrogen (secondary N) is 1. The summed E-state index contributed by atoms with van der Waals surface area (Å²) >= 11 is 18.7. The molecule has 0 atom stereocenters. The van der Waals surface area contributed by atoms with Crippen LogP contribution in [0.4, 0.5) is 10.1 Å². The summed E-state index contributed by atoms with van der Waals surface area (Å²) in [7, 11) is 0. The quantitative estimate of drug-likeness (QED) is 0.136. The number of imidazole rings is 1. The highest BCUT2D eigenvalue weighted by Crippen LogP contribution is 2.28. The molecule has 0 unspecified atom stereocenters. The van der Waals surface area contributed by atoms with Crippen LogP contribution >= 0.6 is 35.4 Å². The van der Waals surface area contributed by atoms with Crippen molar-refractivity contribution in [2.24, 2.45) is 5.92 Å². The van der Waals surface area contributed by atoms with Gasteiger partial charge in [0.05, 0.1) is 34.4 Å². The first-order valence-electron chi connectivity index (χ1n) is 13.7. The van der Waals surface area contributed by atoms with Crippen LogP contribution in [0.3, 0.4) is 0 Å². The highest BCUT2D eigenvalue weighted by Gasteiger charge is 2.28. The topological polar surface area (TPSA) is 77.2 Å². The molecule has 0 aliphatic rings. The molecule has 7 nitrogen and oxygen atoms in total. The van der Waals surface area contributed by atoms with Gasteiger partial charge < -0.3 is 9.88 Å². The molecule has 0 saturated heterocycles. The minimum absolute atomic E-state index is 0.0112. The standard InChI is InChI=1S/C32H31Cl2FN6OS/c1-22(2)13-14-40(20-25-5-3-8-29(33)31(25)34)41(32(43)38-27-7-4-6-26(35)15-27)30(42)16-28-18-37-21-39(28)19-24-11-9-23(17-36)10-12-24/h3-12,15,18,21-22H,13-14,16,19-20H2,1-2H3,(H,38,43). The van der Waals surface area contributed by atoms with Gasteiger partial charge in [-0.2, -0.15) is 5.26 Å². The maximum Gasteiger partial charge on any atom is 0.249 e. The molecule has 43 heavy (non-hydrogen) atoms. The van der Waals surface area contributed by atoms with E-state index in [1.54, 1.807) is 48.9 Å². The molecule has 1 N–H and O–H groups in total. The predicted molar refractivity (Wildman–Crippen MR) is 172 cm³/mol. The Kier molecular flexibility index (Phi) is 11.3. The molecule has 11 heteroatoms. The van der Waals surface area contributed by atoms with E-state index in [1.807, 2.05) is 27.8 Å². The average molecular weight is 638 g/mol. The second-order valence-corrected chi connectivity index (χ2v) is 11.6. The number of thiocarbonyl (C=S) groups is 1. The molecule has 0 aliphatic heterocycles. The SMILES string of the molecule is CC(C)CCN(Cc1cccc(Cl)c1Cl)N(C(=O)Cc1cncn1Cc1ccc(C#N)cc1)C(=S)Nc1cccc(F)c1. The van der Waals surface area contributed by atoms with Gasteiger partial charge in [0.1, 0.15) is 5.82 Å². The number of anilines is 1. The number of carbonyl (C=O) groups excluding carboxylic acids is 1. The number of benzene rings is 3. The number of aromatic nitrogens is 2. The summed E-state index contributed by atoms with van der Waals surface area (Å²) in [6.45, 7) is 5.41. The predicted octanol–water partition coefficient (Wildman–Crippen LogP) is 7.48. The Hall–Kier alpha value is -3.81. The van der Waals surface area contributed by atoms with Crippen LogP contribution < -0.4 is 5.32 Å². The number of hydrazine groups is 1. The van der Waals surface area contributed by atoms with Gasteiger partial charge in [-0.15, -0.1) is 0 Å². The number of amides is 1. The van der Waals surface area contributed by atoms with Gasteiger partial charge in [0.2, 0.25) is 5.91 Å². The number of halogens is 3. The zero-order valence-corrected chi connectivity index (χ0v) is 26.1. The Labute approximate surface area is 266 Å². The van der Waals surface area contributed by atoms with Gasteiger partial charge in [0, 0.05) is 37.2 Å². The van der Waals surface area contributed by atoms with Crippen molar-refractivity contribution in [2.75, 3.05) is 11.9 Å². The summed E-state index contributed by atoms with van der Waals surface area (Å²) < 4.78 is 15.9. The van der Waals surface area contributed by atoms with Crippen molar-refractivity contribution in [1.29, 1.82) is 5.26 Å². The largest absolute Gasteiger partial charge is 0.331 e. The van der Waals surface area contributed by atoms with Gasteiger partial charge in [-0.3, -0.25) is 4.79 Å². The first-order chi connectivity index (χ1) is 20.6. The van der Waals surface area contributed by atoms with Crippen LogP contribution in [0.1, 0.15) is 42.7 Å². The summed E-state index contributed by atoms with van der Waals surface area (Å²) in [5.41, 5.74) is 3.35. The second-order valence-electron chi connectivity index (χ2n) is 10.4. The Morgan fingerprint density at radius 2 is 1.88 bits per heavy atom. The molecule has 0 bridgehead atoms. The molecule has 0 radical (unpaired) electrons. The van der Waals surface area contributed by atoms with Gasteiger partial charge >= 0.3 is 0 Å². The van der Waals surface area contributed by atoms with Crippen molar-refractivity contribution < 1.29 is 9.18 Å². The van der Waals surface area contributed by atoms with Gasteiger partial charge in [-0.05, 0) is 72.1 Å². The third-order valence-corrected chi connectivity index (χ3v) is 7.84. The fraction of sp³-hybridized carbons (Fsp3) is 0.250. The number of hydrogen-bond donors (Lipinski definition) is 1. The highest BCUT2D eigenvalue weighted by atomic mass is 35.5. The highest BCUT2D eigenvalue weighted by molar-refractivity contribution is 7.80. The lowest BCUT2D eigenvalue weighted by atomic mass is 10.1. The number of hydrogen-bond acceptors (Lipinski definition) is 5. The fourth-order valence-electron chi connectivity index (χ4n) is 4.42. The summed E-state index contributed by atoms with van der Waals surface area (Å²) in [6.07, 6.45) is 4.07. The normalized spacial score (nSPS) is 11.0. The zero-order valence-electron chi connectivity index (χ0n) is 23.8. The third kappa shape index (κ3) is 8.85. The number of nitrogens with zero attached hydrogens (tertiary/aromatic N) is 5. The van der Waals surface area contributed by atoms with Gasteiger partial charge in [-0.25, -0.2) is 19.4 Å². The van der Waals surface area contributed by atoms with Crippen molar-refractivity contribution in [1.82, 2.24) is 19.6 Å². The van der Waals surface area contributed by atoms with Gasteiger partial charge in [-0.1, -0.05) is 67.4 Å². The van der Waals surface area contributed by atoms with Crippen LogP contribution in [0.15, 0.2) is 79.3 Å². The van der Waals surface area contributed by atoms with Crippen LogP contribution in [0.5, 0.6) is 0 Å². The van der Waals surface area contributed by atoms with Crippen LogP contribution in [0, 0.1) is 23.1 Å². The average Bonchev–Trinajstić information content (AvgIpc) is 3.40. The summed E-state index contributed by atoms with van der Waals surface area (Å²) in [5, 5.41) is 16.3. The molecule has 0 fully saturated rings. The van der Waals surface area contributed by atoms with Crippen LogP contribution in [-0.4, -0.2) is 37.1 Å². The smallest absolute Gasteiger partial charge is 0.249 e. The minimum Gasteiger partial charge on any atom is -0.331 e. The van der Waals surface area contributed by atoms with Crippen molar-refractivity contribution in [3.63, 3.8) is 0 Å². The van der Waals surface area contributed by atoms with Crippen molar-refractivity contribution in [3.05, 3.63) is 118 Å². The Balaban J connectivity index is 1.66. The van der Waals surface area contributed by atoms with E-state index in [2.05, 4.69) is 30.2 Å². The number of carbonyl (C=O) groups is 1. The monoisotopic (exact) mass is 636 g/mol. The van der Waals surface area contributed by atoms with Crippen molar-refractivity contribution >= 4 is 52.1 Å². The first-order valence-corrected chi connectivity index (χ1v) is 14.9. The van der Waals surface area contributed by atoms with Crippen LogP contribution in [0.25, 0.3) is 0 Å². The maximum absolute atomic E-state index is 14.2. The Bertz CT molecular complexity index is 1620. The lowest BCUT2D eigenvalue weighted by Gasteiger charge is -2.36. The van der Waals surface area contributed by atoms with E-state index in [0.29, 0.717) is 46.0 Å². The van der Waals surface area contributed by atoms with Crippen molar-refractivity contribution in [2.45, 2.75) is 39.8 Å². The van der Waals surface area contributed by atoms with E-state index in [9.17, 15) is 9.18 Å². The molecule has 1 aromatic heterocycles. The lowest BCUT2D eigenvalue weighted by molar-refractivity contribution is -0.139. The molecule has 222 valence electrons. The van der Waals surface area contributed by atoms with E-state index in [1.165, 1.54) is 17.1 Å². The Morgan fingerprint density at radius 1 is 1.14 bits per heavy atom. The molecule has 0 spiro atoms. The van der Waals surface area contributed by atoms with E-state index in [4.69, 9.17) is 40.7 Å². The number of rotatable bonds is 11. The molecule has 0 saturated carbocycles. The minimum atomic E-state index is -0.431. The molecule has 0 aliphatic carbocycles.